The summed E-state index contributed by atoms with van der Waals surface area (Å²) in [7, 11) is 0. The van der Waals surface area contributed by atoms with Crippen LogP contribution in [0.4, 0.5) is 14.9 Å². The molecule has 0 saturated carbocycles. The number of carbonyl (C=O) groups is 2. The van der Waals surface area contributed by atoms with E-state index in [4.69, 9.17) is 11.6 Å². The lowest BCUT2D eigenvalue weighted by atomic mass is 10.1. The minimum absolute atomic E-state index is 0.0718. The van der Waals surface area contributed by atoms with Crippen molar-refractivity contribution in [1.29, 1.82) is 0 Å². The van der Waals surface area contributed by atoms with Crippen LogP contribution in [0.15, 0.2) is 47.4 Å². The van der Waals surface area contributed by atoms with Crippen molar-refractivity contribution < 1.29 is 18.9 Å². The van der Waals surface area contributed by atoms with Gasteiger partial charge in [0.2, 0.25) is 0 Å². The van der Waals surface area contributed by atoms with E-state index in [0.717, 1.165) is 11.0 Å². The van der Waals surface area contributed by atoms with Crippen molar-refractivity contribution in [3.63, 3.8) is 0 Å². The minimum Gasteiger partial charge on any atom is -0.268 e. The van der Waals surface area contributed by atoms with E-state index in [1.807, 2.05) is 0 Å². The minimum atomic E-state index is -0.585. The Morgan fingerprint density at radius 2 is 1.96 bits per heavy atom. The Hall–Kier alpha value is -2.71. The van der Waals surface area contributed by atoms with Gasteiger partial charge in [-0.1, -0.05) is 29.8 Å². The van der Waals surface area contributed by atoms with Gasteiger partial charge in [0, 0.05) is 11.1 Å². The molecule has 0 aromatic heterocycles. The zero-order valence-corrected chi connectivity index (χ0v) is 14.6. The first-order chi connectivity index (χ1) is 12.4. The van der Waals surface area contributed by atoms with E-state index in [1.54, 1.807) is 6.07 Å². The second-order valence-electron chi connectivity index (χ2n) is 5.32. The highest BCUT2D eigenvalue weighted by molar-refractivity contribution is 8.18. The third-order valence-corrected chi connectivity index (χ3v) is 4.90. The molecule has 2 amide bonds. The number of amides is 2. The predicted molar refractivity (Wildman–Crippen MR) is 96.0 cm³/mol. The number of para-hydroxylation sites is 1. The van der Waals surface area contributed by atoms with Gasteiger partial charge in [-0.25, -0.2) is 4.39 Å². The Morgan fingerprint density at radius 3 is 2.65 bits per heavy atom. The number of carbonyl (C=O) groups excluding carboxylic acids is 2. The maximum atomic E-state index is 13.1. The van der Waals surface area contributed by atoms with Gasteiger partial charge in [0.05, 0.1) is 21.9 Å². The molecule has 132 valence electrons. The fourth-order valence-electron chi connectivity index (χ4n) is 2.37. The number of nitrogens with zero attached hydrogens (tertiary/aromatic N) is 2. The van der Waals surface area contributed by atoms with Crippen LogP contribution in [0.1, 0.15) is 11.1 Å². The average molecular weight is 393 g/mol. The molecule has 9 heteroatoms. The van der Waals surface area contributed by atoms with Crippen molar-refractivity contribution >= 4 is 46.3 Å². The van der Waals surface area contributed by atoms with E-state index in [-0.39, 0.29) is 27.7 Å². The first kappa shape index (κ1) is 18.1. The second kappa shape index (κ2) is 7.27. The monoisotopic (exact) mass is 392 g/mol. The fraction of sp³-hybridized carbons (Fsp3) is 0.0588. The Kier molecular flexibility index (Phi) is 5.06. The number of imide groups is 1. The third-order valence-electron chi connectivity index (χ3n) is 3.64. The van der Waals surface area contributed by atoms with E-state index in [0.29, 0.717) is 17.3 Å². The molecule has 1 aliphatic heterocycles. The molecule has 2 aromatic carbocycles. The van der Waals surface area contributed by atoms with Gasteiger partial charge in [0.25, 0.3) is 16.8 Å². The van der Waals surface area contributed by atoms with Crippen LogP contribution >= 0.6 is 23.4 Å². The molecule has 6 nitrogen and oxygen atoms in total. The summed E-state index contributed by atoms with van der Waals surface area (Å²) in [5, 5.41) is 10.6. The van der Waals surface area contributed by atoms with Gasteiger partial charge in [-0.15, -0.1) is 0 Å². The number of nitro benzene ring substituents is 1. The zero-order chi connectivity index (χ0) is 18.8. The van der Waals surface area contributed by atoms with Crippen molar-refractivity contribution in [3.8, 4) is 0 Å². The number of hydrogen-bond donors (Lipinski definition) is 0. The van der Waals surface area contributed by atoms with Crippen molar-refractivity contribution in [2.75, 3.05) is 0 Å². The zero-order valence-electron chi connectivity index (χ0n) is 13.0. The number of nitro groups is 1. The maximum absolute atomic E-state index is 13.1. The second-order valence-corrected chi connectivity index (χ2v) is 6.72. The molecule has 0 aliphatic carbocycles. The predicted octanol–water partition coefficient (Wildman–Crippen LogP) is 4.62. The molecule has 1 saturated heterocycles. The molecule has 1 aliphatic rings. The highest BCUT2D eigenvalue weighted by Crippen LogP contribution is 2.35. The highest BCUT2D eigenvalue weighted by Gasteiger charge is 2.35. The van der Waals surface area contributed by atoms with Gasteiger partial charge in [0.15, 0.2) is 0 Å². The smallest absolute Gasteiger partial charge is 0.268 e. The van der Waals surface area contributed by atoms with Crippen molar-refractivity contribution in [1.82, 2.24) is 4.90 Å². The first-order valence-corrected chi connectivity index (χ1v) is 8.49. The largest absolute Gasteiger partial charge is 0.293 e. The Labute approximate surface area is 156 Å². The summed E-state index contributed by atoms with van der Waals surface area (Å²) in [5.41, 5.74) is 0.478. The number of halogens is 2. The summed E-state index contributed by atoms with van der Waals surface area (Å²) in [6.07, 6.45) is 1.31. The molecule has 1 heterocycles. The van der Waals surface area contributed by atoms with Crippen molar-refractivity contribution in [2.24, 2.45) is 0 Å². The molecule has 2 aromatic rings. The molecule has 0 N–H and O–H groups in total. The first-order valence-electron chi connectivity index (χ1n) is 7.29. The van der Waals surface area contributed by atoms with E-state index < -0.39 is 21.9 Å². The number of thioether (sulfide) groups is 1. The van der Waals surface area contributed by atoms with Gasteiger partial charge in [-0.3, -0.25) is 24.6 Å². The third kappa shape index (κ3) is 3.61. The normalized spacial score (nSPS) is 15.8. The highest BCUT2D eigenvalue weighted by atomic mass is 35.5. The van der Waals surface area contributed by atoms with Crippen LogP contribution in [0.25, 0.3) is 6.08 Å². The van der Waals surface area contributed by atoms with E-state index in [2.05, 4.69) is 0 Å². The molecule has 0 unspecified atom stereocenters. The molecule has 0 bridgehead atoms. The standard InChI is InChI=1S/C17H10ClFN2O4S/c18-13-8-12(19)6-5-11(13)9-20-16(22)15(26-17(20)23)7-10-3-1-2-4-14(10)21(24)25/h1-8H,9H2/b15-7+. The van der Waals surface area contributed by atoms with E-state index in [1.165, 1.54) is 36.4 Å². The van der Waals surface area contributed by atoms with Gasteiger partial charge in [-0.2, -0.15) is 0 Å². The molecule has 3 rings (SSSR count). The summed E-state index contributed by atoms with van der Waals surface area (Å²) in [6.45, 7) is -0.113. The number of benzene rings is 2. The van der Waals surface area contributed by atoms with Crippen LogP contribution in [0.3, 0.4) is 0 Å². The molecule has 1 fully saturated rings. The number of hydrogen-bond acceptors (Lipinski definition) is 5. The van der Waals surface area contributed by atoms with Crippen LogP contribution in [0, 0.1) is 15.9 Å². The Balaban J connectivity index is 1.89. The van der Waals surface area contributed by atoms with Gasteiger partial charge in [0.1, 0.15) is 5.82 Å². The fourth-order valence-corrected chi connectivity index (χ4v) is 3.43. The van der Waals surface area contributed by atoms with Crippen LogP contribution in [-0.4, -0.2) is 21.0 Å². The summed E-state index contributed by atoms with van der Waals surface area (Å²) in [6, 6.07) is 9.59. The molecular formula is C17H10ClFN2O4S. The summed E-state index contributed by atoms with van der Waals surface area (Å²) in [4.78, 5) is 36.2. The lowest BCUT2D eigenvalue weighted by Crippen LogP contribution is -2.27. The van der Waals surface area contributed by atoms with Crippen LogP contribution in [0.2, 0.25) is 5.02 Å². The topological polar surface area (TPSA) is 80.5 Å². The molecule has 0 atom stereocenters. The number of rotatable bonds is 4. The lowest BCUT2D eigenvalue weighted by Gasteiger charge is -2.13. The quantitative estimate of drug-likeness (QED) is 0.430. The molecular weight excluding hydrogens is 383 g/mol. The van der Waals surface area contributed by atoms with Crippen molar-refractivity contribution in [2.45, 2.75) is 6.54 Å². The Bertz CT molecular complexity index is 964. The summed E-state index contributed by atoms with van der Waals surface area (Å²) in [5.74, 6) is -1.11. The SMILES string of the molecule is O=C1S/C(=C/c2ccccc2[N+](=O)[O-])C(=O)N1Cc1ccc(F)cc1Cl. The lowest BCUT2D eigenvalue weighted by molar-refractivity contribution is -0.385. The molecule has 0 radical (unpaired) electrons. The molecule has 0 spiro atoms. The summed E-state index contributed by atoms with van der Waals surface area (Å²) < 4.78 is 13.1. The summed E-state index contributed by atoms with van der Waals surface area (Å²) >= 11 is 6.62. The van der Waals surface area contributed by atoms with Gasteiger partial charge >= 0.3 is 0 Å². The van der Waals surface area contributed by atoms with Crippen LogP contribution in [0.5, 0.6) is 0 Å². The van der Waals surface area contributed by atoms with Crippen LogP contribution in [-0.2, 0) is 11.3 Å². The maximum Gasteiger partial charge on any atom is 0.293 e. The van der Waals surface area contributed by atoms with Gasteiger partial charge < -0.3 is 0 Å². The Morgan fingerprint density at radius 1 is 1.23 bits per heavy atom. The van der Waals surface area contributed by atoms with E-state index >= 15 is 0 Å². The van der Waals surface area contributed by atoms with E-state index in [9.17, 15) is 24.1 Å². The van der Waals surface area contributed by atoms with Gasteiger partial charge in [-0.05, 0) is 41.6 Å². The molecule has 26 heavy (non-hydrogen) atoms. The van der Waals surface area contributed by atoms with Crippen LogP contribution < -0.4 is 0 Å². The average Bonchev–Trinajstić information content (AvgIpc) is 2.85. The van der Waals surface area contributed by atoms with Crippen molar-refractivity contribution in [3.05, 3.63) is 79.5 Å².